The first-order chi connectivity index (χ1) is 15.4. The van der Waals surface area contributed by atoms with E-state index in [4.69, 9.17) is 0 Å². The summed E-state index contributed by atoms with van der Waals surface area (Å²) in [5, 5.41) is 0. The van der Waals surface area contributed by atoms with Gasteiger partial charge in [-0.05, 0) is 42.8 Å². The number of nitrogens with zero attached hydrogens (tertiary/aromatic N) is 2. The van der Waals surface area contributed by atoms with Gasteiger partial charge in [0, 0.05) is 44.0 Å². The normalized spacial score (nSPS) is 14.8. The van der Waals surface area contributed by atoms with Crippen LogP contribution in [0.4, 0.5) is 5.69 Å². The summed E-state index contributed by atoms with van der Waals surface area (Å²) in [4.78, 5) is 17.2. The topological polar surface area (TPSA) is 69.7 Å². The number of benzene rings is 3. The number of amides is 1. The molecule has 1 aliphatic heterocycles. The minimum Gasteiger partial charge on any atom is -0.336 e. The Morgan fingerprint density at radius 3 is 2.25 bits per heavy atom. The molecule has 0 atom stereocenters. The monoisotopic (exact) mass is 449 g/mol. The van der Waals surface area contributed by atoms with Gasteiger partial charge in [-0.25, -0.2) is 8.42 Å². The predicted octanol–water partition coefficient (Wildman–Crippen LogP) is 3.75. The van der Waals surface area contributed by atoms with Crippen LogP contribution in [0.15, 0.2) is 83.8 Å². The Labute approximate surface area is 189 Å². The highest BCUT2D eigenvalue weighted by Gasteiger charge is 2.23. The molecule has 0 aromatic heterocycles. The molecule has 32 heavy (non-hydrogen) atoms. The Bertz CT molecular complexity index is 1170. The largest absolute Gasteiger partial charge is 0.336 e. The molecule has 0 saturated carbocycles. The lowest BCUT2D eigenvalue weighted by molar-refractivity contribution is 0.0628. The summed E-state index contributed by atoms with van der Waals surface area (Å²) in [5.41, 5.74) is 3.17. The zero-order valence-corrected chi connectivity index (χ0v) is 18.9. The number of piperazine rings is 1. The maximum absolute atomic E-state index is 13.0. The van der Waals surface area contributed by atoms with Crippen LogP contribution in [0.3, 0.4) is 0 Å². The van der Waals surface area contributed by atoms with E-state index >= 15 is 0 Å². The van der Waals surface area contributed by atoms with Gasteiger partial charge in [0.1, 0.15) is 0 Å². The fraction of sp³-hybridized carbons (Fsp3) is 0.240. The van der Waals surface area contributed by atoms with E-state index in [2.05, 4.69) is 21.8 Å². The molecule has 166 valence electrons. The first kappa shape index (κ1) is 22.0. The zero-order chi connectivity index (χ0) is 22.6. The summed E-state index contributed by atoms with van der Waals surface area (Å²) in [5.74, 6) is -0.142. The molecule has 1 amide bonds. The van der Waals surface area contributed by atoms with Crippen LogP contribution in [-0.2, 0) is 16.6 Å². The summed E-state index contributed by atoms with van der Waals surface area (Å²) < 4.78 is 28.2. The van der Waals surface area contributed by atoms with Gasteiger partial charge in [0.05, 0.1) is 4.90 Å². The molecule has 1 aliphatic rings. The van der Waals surface area contributed by atoms with Gasteiger partial charge in [0.15, 0.2) is 0 Å². The van der Waals surface area contributed by atoms with E-state index in [0.29, 0.717) is 24.3 Å². The number of anilines is 1. The van der Waals surface area contributed by atoms with Gasteiger partial charge in [-0.15, -0.1) is 0 Å². The van der Waals surface area contributed by atoms with Crippen LogP contribution >= 0.6 is 0 Å². The predicted molar refractivity (Wildman–Crippen MR) is 126 cm³/mol. The lowest BCUT2D eigenvalue weighted by Gasteiger charge is -2.34. The number of carbonyl (C=O) groups excluding carboxylic acids is 1. The highest BCUT2D eigenvalue weighted by molar-refractivity contribution is 7.92. The third-order valence-electron chi connectivity index (χ3n) is 5.60. The molecule has 0 spiro atoms. The van der Waals surface area contributed by atoms with Crippen molar-refractivity contribution in [2.45, 2.75) is 18.4 Å². The molecule has 3 aromatic carbocycles. The molecule has 7 heteroatoms. The highest BCUT2D eigenvalue weighted by atomic mass is 32.2. The first-order valence-corrected chi connectivity index (χ1v) is 12.1. The maximum atomic E-state index is 13.0. The minimum absolute atomic E-state index is 0.0756. The van der Waals surface area contributed by atoms with Crippen molar-refractivity contribution in [1.82, 2.24) is 9.80 Å². The van der Waals surface area contributed by atoms with E-state index in [9.17, 15) is 13.2 Å². The van der Waals surface area contributed by atoms with Gasteiger partial charge in [-0.1, -0.05) is 54.1 Å². The second-order valence-corrected chi connectivity index (χ2v) is 9.74. The fourth-order valence-electron chi connectivity index (χ4n) is 3.77. The summed E-state index contributed by atoms with van der Waals surface area (Å²) in [6.45, 7) is 5.60. The van der Waals surface area contributed by atoms with E-state index in [1.807, 2.05) is 37.3 Å². The van der Waals surface area contributed by atoms with Crippen molar-refractivity contribution in [3.05, 3.63) is 95.6 Å². The van der Waals surface area contributed by atoms with Crippen molar-refractivity contribution >= 4 is 21.6 Å². The van der Waals surface area contributed by atoms with Gasteiger partial charge in [0.2, 0.25) is 0 Å². The SMILES string of the molecule is Cc1ccc(NS(=O)(=O)c2cccc(C(=O)N3CCN(Cc4ccccc4)CC3)c2)cc1. The van der Waals surface area contributed by atoms with E-state index in [-0.39, 0.29) is 10.8 Å². The Hall–Kier alpha value is -3.16. The number of carbonyl (C=O) groups is 1. The molecular formula is C25H27N3O3S. The van der Waals surface area contributed by atoms with Crippen LogP contribution in [-0.4, -0.2) is 50.3 Å². The molecule has 0 bridgehead atoms. The van der Waals surface area contributed by atoms with Crippen molar-refractivity contribution < 1.29 is 13.2 Å². The molecule has 6 nitrogen and oxygen atoms in total. The Morgan fingerprint density at radius 1 is 0.875 bits per heavy atom. The van der Waals surface area contributed by atoms with Crippen molar-refractivity contribution in [1.29, 1.82) is 0 Å². The van der Waals surface area contributed by atoms with Gasteiger partial charge in [-0.2, -0.15) is 0 Å². The molecule has 0 radical (unpaired) electrons. The van der Waals surface area contributed by atoms with Gasteiger partial charge in [-0.3, -0.25) is 14.4 Å². The van der Waals surface area contributed by atoms with Crippen LogP contribution in [0.2, 0.25) is 0 Å². The summed E-state index contributed by atoms with van der Waals surface area (Å²) in [7, 11) is -3.79. The number of aryl methyl sites for hydroxylation is 1. The minimum atomic E-state index is -3.79. The lowest BCUT2D eigenvalue weighted by atomic mass is 10.1. The second-order valence-electron chi connectivity index (χ2n) is 8.05. The van der Waals surface area contributed by atoms with E-state index in [0.717, 1.165) is 25.2 Å². The van der Waals surface area contributed by atoms with Crippen LogP contribution in [0.25, 0.3) is 0 Å². The van der Waals surface area contributed by atoms with Crippen molar-refractivity contribution in [3.63, 3.8) is 0 Å². The smallest absolute Gasteiger partial charge is 0.261 e. The van der Waals surface area contributed by atoms with Crippen LogP contribution in [0, 0.1) is 6.92 Å². The van der Waals surface area contributed by atoms with E-state index in [1.165, 1.54) is 17.7 Å². The maximum Gasteiger partial charge on any atom is 0.261 e. The third-order valence-corrected chi connectivity index (χ3v) is 6.98. The molecule has 1 N–H and O–H groups in total. The summed E-state index contributed by atoms with van der Waals surface area (Å²) in [6, 6.07) is 23.6. The molecule has 0 unspecified atom stereocenters. The van der Waals surface area contributed by atoms with Crippen LogP contribution in [0.5, 0.6) is 0 Å². The van der Waals surface area contributed by atoms with Gasteiger partial charge in [0.25, 0.3) is 15.9 Å². The highest BCUT2D eigenvalue weighted by Crippen LogP contribution is 2.19. The fourth-order valence-corrected chi connectivity index (χ4v) is 4.87. The standard InChI is InChI=1S/C25H27N3O3S/c1-20-10-12-23(13-11-20)26-32(30,31)24-9-5-8-22(18-24)25(29)28-16-14-27(15-17-28)19-21-6-3-2-4-7-21/h2-13,18,26H,14-17,19H2,1H3. The Balaban J connectivity index is 1.40. The number of hydrogen-bond donors (Lipinski definition) is 1. The molecular weight excluding hydrogens is 422 g/mol. The second kappa shape index (κ2) is 9.54. The molecule has 1 heterocycles. The number of nitrogens with one attached hydrogen (secondary N) is 1. The number of rotatable bonds is 6. The lowest BCUT2D eigenvalue weighted by Crippen LogP contribution is -2.48. The average molecular weight is 450 g/mol. The van der Waals surface area contributed by atoms with E-state index in [1.54, 1.807) is 29.2 Å². The van der Waals surface area contributed by atoms with Crippen LogP contribution in [0.1, 0.15) is 21.5 Å². The summed E-state index contributed by atoms with van der Waals surface area (Å²) in [6.07, 6.45) is 0. The van der Waals surface area contributed by atoms with Crippen molar-refractivity contribution in [2.24, 2.45) is 0 Å². The molecule has 3 aromatic rings. The number of hydrogen-bond acceptors (Lipinski definition) is 4. The van der Waals surface area contributed by atoms with Gasteiger partial charge >= 0.3 is 0 Å². The third kappa shape index (κ3) is 5.36. The molecule has 0 aliphatic carbocycles. The Kier molecular flexibility index (Phi) is 6.58. The average Bonchev–Trinajstić information content (AvgIpc) is 2.81. The zero-order valence-electron chi connectivity index (χ0n) is 18.1. The summed E-state index contributed by atoms with van der Waals surface area (Å²) >= 11 is 0. The molecule has 4 rings (SSSR count). The van der Waals surface area contributed by atoms with Gasteiger partial charge < -0.3 is 4.90 Å². The molecule has 1 saturated heterocycles. The Morgan fingerprint density at radius 2 is 1.56 bits per heavy atom. The first-order valence-electron chi connectivity index (χ1n) is 10.7. The quantitative estimate of drug-likeness (QED) is 0.622. The number of sulfonamides is 1. The van der Waals surface area contributed by atoms with Crippen molar-refractivity contribution in [3.8, 4) is 0 Å². The molecule has 1 fully saturated rings. The van der Waals surface area contributed by atoms with Crippen LogP contribution < -0.4 is 4.72 Å². The van der Waals surface area contributed by atoms with Crippen molar-refractivity contribution in [2.75, 3.05) is 30.9 Å². The van der Waals surface area contributed by atoms with E-state index < -0.39 is 10.0 Å².